The molecule has 20 heavy (non-hydrogen) atoms. The smallest absolute Gasteiger partial charge is 0.124 e. The molecule has 5 nitrogen and oxygen atoms in total. The van der Waals surface area contributed by atoms with E-state index in [1.54, 1.807) is 7.11 Å². The maximum Gasteiger partial charge on any atom is 0.124 e. The summed E-state index contributed by atoms with van der Waals surface area (Å²) in [6.45, 7) is 1.37. The Morgan fingerprint density at radius 2 is 2.20 bits per heavy atom. The number of methoxy groups -OCH3 is 1. The standard InChI is InChI=1S/C14H19BrN4O/c1-20-14-6-5-12(15)8-11(14)9-19-10-13(17-18-19)4-2-3-7-16/h5-6,8,10H,2-4,7,9,16H2,1H3. The zero-order valence-corrected chi connectivity index (χ0v) is 13.1. The summed E-state index contributed by atoms with van der Waals surface area (Å²) in [5.74, 6) is 0.855. The molecule has 0 bridgehead atoms. The minimum absolute atomic E-state index is 0.645. The van der Waals surface area contributed by atoms with Crippen molar-refractivity contribution in [3.05, 3.63) is 40.1 Å². The van der Waals surface area contributed by atoms with E-state index in [9.17, 15) is 0 Å². The van der Waals surface area contributed by atoms with E-state index in [0.29, 0.717) is 6.54 Å². The van der Waals surface area contributed by atoms with Crippen molar-refractivity contribution >= 4 is 15.9 Å². The summed E-state index contributed by atoms with van der Waals surface area (Å²) in [5, 5.41) is 8.34. The van der Waals surface area contributed by atoms with Crippen LogP contribution < -0.4 is 10.5 Å². The van der Waals surface area contributed by atoms with Crippen LogP contribution in [0.3, 0.4) is 0 Å². The number of unbranched alkanes of at least 4 members (excludes halogenated alkanes) is 1. The zero-order valence-electron chi connectivity index (χ0n) is 11.6. The van der Waals surface area contributed by atoms with Gasteiger partial charge in [0.25, 0.3) is 0 Å². The summed E-state index contributed by atoms with van der Waals surface area (Å²) < 4.78 is 8.22. The van der Waals surface area contributed by atoms with Gasteiger partial charge in [0, 0.05) is 16.2 Å². The molecule has 2 aromatic rings. The van der Waals surface area contributed by atoms with E-state index in [1.165, 1.54) is 0 Å². The van der Waals surface area contributed by atoms with Gasteiger partial charge < -0.3 is 10.5 Å². The van der Waals surface area contributed by atoms with Gasteiger partial charge in [0.05, 0.1) is 19.3 Å². The number of hydrogen-bond donors (Lipinski definition) is 1. The van der Waals surface area contributed by atoms with Crippen molar-refractivity contribution in [2.75, 3.05) is 13.7 Å². The number of benzene rings is 1. The van der Waals surface area contributed by atoms with Crippen molar-refractivity contribution in [2.45, 2.75) is 25.8 Å². The first-order valence-electron chi connectivity index (χ1n) is 6.64. The lowest BCUT2D eigenvalue weighted by atomic mass is 10.2. The summed E-state index contributed by atoms with van der Waals surface area (Å²) in [6.07, 6.45) is 4.98. The van der Waals surface area contributed by atoms with Crippen LogP contribution in [0.5, 0.6) is 5.75 Å². The SMILES string of the molecule is COc1ccc(Br)cc1Cn1cc(CCCCN)nn1. The van der Waals surface area contributed by atoms with Gasteiger partial charge in [-0.05, 0) is 44.0 Å². The minimum atomic E-state index is 0.645. The molecule has 0 saturated carbocycles. The number of aryl methyl sites for hydroxylation is 1. The molecular formula is C14H19BrN4O. The van der Waals surface area contributed by atoms with Gasteiger partial charge in [-0.2, -0.15) is 0 Å². The summed E-state index contributed by atoms with van der Waals surface area (Å²) in [4.78, 5) is 0. The van der Waals surface area contributed by atoms with Gasteiger partial charge in [0.15, 0.2) is 0 Å². The van der Waals surface area contributed by atoms with Gasteiger partial charge in [0.1, 0.15) is 5.75 Å². The molecule has 0 radical (unpaired) electrons. The number of hydrogen-bond acceptors (Lipinski definition) is 4. The van der Waals surface area contributed by atoms with Crippen molar-refractivity contribution in [3.63, 3.8) is 0 Å². The van der Waals surface area contributed by atoms with E-state index < -0.39 is 0 Å². The number of aromatic nitrogens is 3. The first kappa shape index (κ1) is 15.0. The molecule has 1 aromatic heterocycles. The van der Waals surface area contributed by atoms with Crippen molar-refractivity contribution in [1.29, 1.82) is 0 Å². The lowest BCUT2D eigenvalue weighted by molar-refractivity contribution is 0.407. The Bertz CT molecular complexity index is 556. The highest BCUT2D eigenvalue weighted by Crippen LogP contribution is 2.23. The van der Waals surface area contributed by atoms with Gasteiger partial charge in [0.2, 0.25) is 0 Å². The van der Waals surface area contributed by atoms with Gasteiger partial charge in [-0.15, -0.1) is 5.10 Å². The average Bonchev–Trinajstić information content (AvgIpc) is 2.87. The predicted octanol–water partition coefficient (Wildman–Crippen LogP) is 2.38. The lowest BCUT2D eigenvalue weighted by Gasteiger charge is -2.08. The van der Waals surface area contributed by atoms with Crippen molar-refractivity contribution in [3.8, 4) is 5.75 Å². The molecular weight excluding hydrogens is 320 g/mol. The molecule has 108 valence electrons. The third-order valence-corrected chi connectivity index (χ3v) is 3.54. The molecule has 0 aliphatic heterocycles. The largest absolute Gasteiger partial charge is 0.496 e. The van der Waals surface area contributed by atoms with Crippen LogP contribution in [-0.2, 0) is 13.0 Å². The van der Waals surface area contributed by atoms with E-state index in [0.717, 1.165) is 47.3 Å². The molecule has 2 N–H and O–H groups in total. The zero-order chi connectivity index (χ0) is 14.4. The van der Waals surface area contributed by atoms with Crippen LogP contribution in [0.4, 0.5) is 0 Å². The van der Waals surface area contributed by atoms with Crippen molar-refractivity contribution in [1.82, 2.24) is 15.0 Å². The first-order chi connectivity index (χ1) is 9.72. The van der Waals surface area contributed by atoms with Crippen LogP contribution in [0, 0.1) is 0 Å². The van der Waals surface area contributed by atoms with E-state index in [1.807, 2.05) is 29.1 Å². The average molecular weight is 339 g/mol. The van der Waals surface area contributed by atoms with Gasteiger partial charge in [-0.3, -0.25) is 0 Å². The number of rotatable bonds is 7. The highest BCUT2D eigenvalue weighted by molar-refractivity contribution is 9.10. The molecule has 0 fully saturated rings. The molecule has 0 aliphatic carbocycles. The first-order valence-corrected chi connectivity index (χ1v) is 7.43. The highest BCUT2D eigenvalue weighted by atomic mass is 79.9. The van der Waals surface area contributed by atoms with Crippen LogP contribution in [0.2, 0.25) is 0 Å². The Hall–Kier alpha value is -1.40. The monoisotopic (exact) mass is 338 g/mol. The van der Waals surface area contributed by atoms with Gasteiger partial charge in [-0.1, -0.05) is 21.1 Å². The maximum absolute atomic E-state index is 5.49. The second-order valence-electron chi connectivity index (χ2n) is 4.61. The molecule has 1 aromatic carbocycles. The third kappa shape index (κ3) is 4.05. The summed E-state index contributed by atoms with van der Waals surface area (Å²) in [6, 6.07) is 5.94. The fourth-order valence-corrected chi connectivity index (χ4v) is 2.43. The Kier molecular flexibility index (Phi) is 5.55. The quantitative estimate of drug-likeness (QED) is 0.787. The van der Waals surface area contributed by atoms with E-state index in [4.69, 9.17) is 10.5 Å². The number of ether oxygens (including phenoxy) is 1. The van der Waals surface area contributed by atoms with Crippen LogP contribution in [0.15, 0.2) is 28.9 Å². The molecule has 1 heterocycles. The third-order valence-electron chi connectivity index (χ3n) is 3.05. The molecule has 0 unspecified atom stereocenters. The van der Waals surface area contributed by atoms with E-state index in [2.05, 4.69) is 26.2 Å². The molecule has 0 saturated heterocycles. The second-order valence-corrected chi connectivity index (χ2v) is 5.53. The summed E-state index contributed by atoms with van der Waals surface area (Å²) in [7, 11) is 1.67. The van der Waals surface area contributed by atoms with Crippen LogP contribution in [0.25, 0.3) is 0 Å². The normalized spacial score (nSPS) is 10.8. The minimum Gasteiger partial charge on any atom is -0.496 e. The van der Waals surface area contributed by atoms with E-state index >= 15 is 0 Å². The Balaban J connectivity index is 2.04. The summed E-state index contributed by atoms with van der Waals surface area (Å²) >= 11 is 3.47. The molecule has 0 amide bonds. The van der Waals surface area contributed by atoms with Crippen molar-refractivity contribution in [2.24, 2.45) is 5.73 Å². The molecule has 6 heteroatoms. The highest BCUT2D eigenvalue weighted by Gasteiger charge is 2.07. The number of halogens is 1. The van der Waals surface area contributed by atoms with Crippen LogP contribution >= 0.6 is 15.9 Å². The molecule has 0 spiro atoms. The fourth-order valence-electron chi connectivity index (χ4n) is 2.03. The Morgan fingerprint density at radius 3 is 2.95 bits per heavy atom. The Morgan fingerprint density at radius 1 is 1.35 bits per heavy atom. The van der Waals surface area contributed by atoms with Crippen LogP contribution in [0.1, 0.15) is 24.1 Å². The maximum atomic E-state index is 5.49. The van der Waals surface area contributed by atoms with Crippen molar-refractivity contribution < 1.29 is 4.74 Å². The van der Waals surface area contributed by atoms with E-state index in [-0.39, 0.29) is 0 Å². The number of nitrogens with two attached hydrogens (primary N) is 1. The number of nitrogens with zero attached hydrogens (tertiary/aromatic N) is 3. The Labute approximate surface area is 127 Å². The molecule has 0 aliphatic rings. The predicted molar refractivity (Wildman–Crippen MR) is 81.8 cm³/mol. The molecule has 0 atom stereocenters. The molecule has 2 rings (SSSR count). The summed E-state index contributed by atoms with van der Waals surface area (Å²) in [5.41, 5.74) is 7.56. The van der Waals surface area contributed by atoms with Crippen LogP contribution in [-0.4, -0.2) is 28.6 Å². The fraction of sp³-hybridized carbons (Fsp3) is 0.429. The van der Waals surface area contributed by atoms with Gasteiger partial charge >= 0.3 is 0 Å². The lowest BCUT2D eigenvalue weighted by Crippen LogP contribution is -2.02. The second kappa shape index (κ2) is 7.40. The topological polar surface area (TPSA) is 66.0 Å². The van der Waals surface area contributed by atoms with Gasteiger partial charge in [-0.25, -0.2) is 4.68 Å².